The SMILES string of the molecule is O=C(O)c1ccc(CNC(=O)C2CC23CCCc2ccccc23)o1. The molecule has 2 aliphatic carbocycles. The second-order valence-electron chi connectivity index (χ2n) is 6.71. The number of aryl methyl sites for hydroxylation is 1. The summed E-state index contributed by atoms with van der Waals surface area (Å²) in [6.07, 6.45) is 4.18. The number of amides is 1. The Hall–Kier alpha value is -2.56. The van der Waals surface area contributed by atoms with Crippen molar-refractivity contribution in [1.82, 2.24) is 5.32 Å². The minimum absolute atomic E-state index is 0.00727. The van der Waals surface area contributed by atoms with E-state index in [1.165, 1.54) is 17.2 Å². The molecule has 1 aromatic carbocycles. The molecule has 1 saturated carbocycles. The van der Waals surface area contributed by atoms with Crippen LogP contribution >= 0.6 is 0 Å². The molecule has 4 rings (SSSR count). The first kappa shape index (κ1) is 15.0. The topological polar surface area (TPSA) is 79.5 Å². The van der Waals surface area contributed by atoms with Crippen molar-refractivity contribution in [3.63, 3.8) is 0 Å². The highest BCUT2D eigenvalue weighted by Crippen LogP contribution is 2.60. The fourth-order valence-electron chi connectivity index (χ4n) is 4.06. The van der Waals surface area contributed by atoms with Crippen LogP contribution in [0.15, 0.2) is 40.8 Å². The van der Waals surface area contributed by atoms with Gasteiger partial charge >= 0.3 is 5.97 Å². The van der Waals surface area contributed by atoms with Gasteiger partial charge in [-0.1, -0.05) is 24.3 Å². The highest BCUT2D eigenvalue weighted by Gasteiger charge is 2.59. The Balaban J connectivity index is 1.43. The lowest BCUT2D eigenvalue weighted by atomic mass is 9.78. The van der Waals surface area contributed by atoms with Crippen LogP contribution in [0.4, 0.5) is 0 Å². The molecule has 1 amide bonds. The molecule has 1 heterocycles. The second-order valence-corrected chi connectivity index (χ2v) is 6.71. The Kier molecular flexibility index (Phi) is 3.44. The average Bonchev–Trinajstić information content (AvgIpc) is 3.09. The van der Waals surface area contributed by atoms with Gasteiger partial charge in [0.25, 0.3) is 0 Å². The molecule has 0 saturated heterocycles. The predicted octanol–water partition coefficient (Wildman–Crippen LogP) is 2.89. The largest absolute Gasteiger partial charge is 0.475 e. The molecule has 2 aromatic rings. The summed E-state index contributed by atoms with van der Waals surface area (Å²) in [6.45, 7) is 0.223. The molecule has 2 atom stereocenters. The summed E-state index contributed by atoms with van der Waals surface area (Å²) in [5.74, 6) is -0.719. The van der Waals surface area contributed by atoms with Crippen molar-refractivity contribution < 1.29 is 19.1 Å². The molecule has 0 aliphatic heterocycles. The van der Waals surface area contributed by atoms with E-state index in [0.29, 0.717) is 5.76 Å². The first-order valence-corrected chi connectivity index (χ1v) is 8.28. The van der Waals surface area contributed by atoms with Gasteiger partial charge in [0, 0.05) is 11.3 Å². The van der Waals surface area contributed by atoms with Crippen LogP contribution < -0.4 is 5.32 Å². The van der Waals surface area contributed by atoms with E-state index in [2.05, 4.69) is 29.6 Å². The van der Waals surface area contributed by atoms with E-state index in [1.54, 1.807) is 6.07 Å². The molecule has 5 nitrogen and oxygen atoms in total. The fourth-order valence-corrected chi connectivity index (χ4v) is 4.06. The third-order valence-electron chi connectivity index (χ3n) is 5.32. The Morgan fingerprint density at radius 1 is 1.25 bits per heavy atom. The number of benzene rings is 1. The molecule has 2 N–H and O–H groups in total. The lowest BCUT2D eigenvalue weighted by Crippen LogP contribution is -2.29. The Morgan fingerprint density at radius 3 is 2.88 bits per heavy atom. The van der Waals surface area contributed by atoms with Gasteiger partial charge in [-0.25, -0.2) is 4.79 Å². The van der Waals surface area contributed by atoms with Gasteiger partial charge in [-0.05, 0) is 48.9 Å². The minimum Gasteiger partial charge on any atom is -0.475 e. The van der Waals surface area contributed by atoms with Gasteiger partial charge in [0.05, 0.1) is 6.54 Å². The summed E-state index contributed by atoms with van der Waals surface area (Å²) in [5.41, 5.74) is 2.72. The van der Waals surface area contributed by atoms with Gasteiger partial charge in [0.15, 0.2) is 0 Å². The van der Waals surface area contributed by atoms with E-state index in [4.69, 9.17) is 9.52 Å². The van der Waals surface area contributed by atoms with E-state index in [-0.39, 0.29) is 29.5 Å². The summed E-state index contributed by atoms with van der Waals surface area (Å²) >= 11 is 0. The lowest BCUT2D eigenvalue weighted by molar-refractivity contribution is -0.123. The van der Waals surface area contributed by atoms with Gasteiger partial charge in [-0.2, -0.15) is 0 Å². The van der Waals surface area contributed by atoms with Gasteiger partial charge in [-0.3, -0.25) is 4.79 Å². The number of furan rings is 1. The summed E-state index contributed by atoms with van der Waals surface area (Å²) < 4.78 is 5.17. The monoisotopic (exact) mass is 325 g/mol. The van der Waals surface area contributed by atoms with Crippen LogP contribution in [0.1, 0.15) is 46.7 Å². The maximum absolute atomic E-state index is 12.5. The minimum atomic E-state index is -1.10. The Bertz CT molecular complexity index is 809. The number of carbonyl (C=O) groups is 2. The third-order valence-corrected chi connectivity index (χ3v) is 5.32. The summed E-state index contributed by atoms with van der Waals surface area (Å²) in [5, 5.41) is 11.7. The number of carboxylic acid groups (broad SMARTS) is 1. The summed E-state index contributed by atoms with van der Waals surface area (Å²) in [6, 6.07) is 11.4. The third kappa shape index (κ3) is 2.40. The maximum atomic E-state index is 12.5. The smallest absolute Gasteiger partial charge is 0.371 e. The molecule has 124 valence electrons. The van der Waals surface area contributed by atoms with E-state index in [0.717, 1.165) is 25.7 Å². The molecule has 0 radical (unpaired) electrons. The molecule has 2 aliphatic rings. The van der Waals surface area contributed by atoms with Crippen molar-refractivity contribution in [1.29, 1.82) is 0 Å². The lowest BCUT2D eigenvalue weighted by Gasteiger charge is -2.26. The normalized spacial score (nSPS) is 24.4. The summed E-state index contributed by atoms with van der Waals surface area (Å²) in [7, 11) is 0. The molecule has 0 bridgehead atoms. The molecule has 24 heavy (non-hydrogen) atoms. The molecule has 1 aromatic heterocycles. The number of carboxylic acids is 1. The van der Waals surface area contributed by atoms with Gasteiger partial charge < -0.3 is 14.8 Å². The zero-order valence-corrected chi connectivity index (χ0v) is 13.2. The van der Waals surface area contributed by atoms with Crippen LogP contribution in [0.2, 0.25) is 0 Å². The summed E-state index contributed by atoms with van der Waals surface area (Å²) in [4.78, 5) is 23.3. The first-order chi connectivity index (χ1) is 11.6. The van der Waals surface area contributed by atoms with E-state index in [9.17, 15) is 9.59 Å². The fraction of sp³-hybridized carbons (Fsp3) is 0.368. The van der Waals surface area contributed by atoms with Crippen LogP contribution in [0.5, 0.6) is 0 Å². The van der Waals surface area contributed by atoms with Crippen LogP contribution in [-0.2, 0) is 23.2 Å². The van der Waals surface area contributed by atoms with E-state index >= 15 is 0 Å². The van der Waals surface area contributed by atoms with Crippen LogP contribution in [0, 0.1) is 5.92 Å². The molecule has 5 heteroatoms. The van der Waals surface area contributed by atoms with Crippen molar-refractivity contribution in [2.75, 3.05) is 0 Å². The highest BCUT2D eigenvalue weighted by molar-refractivity contribution is 5.85. The standard InChI is InChI=1S/C19H19NO4/c21-17(20-11-13-7-8-16(24-13)18(22)23)15-10-19(15)9-3-5-12-4-1-2-6-14(12)19/h1-2,4,6-8,15H,3,5,9-11H2,(H,20,21)(H,22,23). The van der Waals surface area contributed by atoms with Gasteiger partial charge in [-0.15, -0.1) is 0 Å². The Labute approximate surface area is 139 Å². The van der Waals surface area contributed by atoms with E-state index < -0.39 is 5.97 Å². The van der Waals surface area contributed by atoms with Crippen molar-refractivity contribution in [2.45, 2.75) is 37.6 Å². The zero-order valence-electron chi connectivity index (χ0n) is 13.2. The number of nitrogens with one attached hydrogen (secondary N) is 1. The number of aromatic carboxylic acids is 1. The number of fused-ring (bicyclic) bond motifs is 2. The molecule has 1 fully saturated rings. The van der Waals surface area contributed by atoms with Crippen molar-refractivity contribution >= 4 is 11.9 Å². The average molecular weight is 325 g/mol. The zero-order chi connectivity index (χ0) is 16.7. The number of rotatable bonds is 4. The molecular weight excluding hydrogens is 306 g/mol. The van der Waals surface area contributed by atoms with Crippen molar-refractivity contribution in [2.24, 2.45) is 5.92 Å². The highest BCUT2D eigenvalue weighted by atomic mass is 16.4. The molecular formula is C19H19NO4. The number of carbonyl (C=O) groups excluding carboxylic acids is 1. The van der Waals surface area contributed by atoms with Crippen LogP contribution in [0.25, 0.3) is 0 Å². The van der Waals surface area contributed by atoms with Crippen LogP contribution in [-0.4, -0.2) is 17.0 Å². The number of hydrogen-bond donors (Lipinski definition) is 2. The second kappa shape index (κ2) is 5.51. The molecule has 2 unspecified atom stereocenters. The van der Waals surface area contributed by atoms with Crippen molar-refractivity contribution in [3.05, 3.63) is 59.0 Å². The van der Waals surface area contributed by atoms with Crippen LogP contribution in [0.3, 0.4) is 0 Å². The van der Waals surface area contributed by atoms with Gasteiger partial charge in [0.1, 0.15) is 5.76 Å². The predicted molar refractivity (Wildman–Crippen MR) is 86.7 cm³/mol. The Morgan fingerprint density at radius 2 is 2.08 bits per heavy atom. The van der Waals surface area contributed by atoms with Gasteiger partial charge in [0.2, 0.25) is 11.7 Å². The maximum Gasteiger partial charge on any atom is 0.371 e. The first-order valence-electron chi connectivity index (χ1n) is 8.28. The van der Waals surface area contributed by atoms with E-state index in [1.807, 2.05) is 0 Å². The quantitative estimate of drug-likeness (QED) is 0.906. The molecule has 1 spiro atoms. The number of hydrogen-bond acceptors (Lipinski definition) is 3. The van der Waals surface area contributed by atoms with Crippen molar-refractivity contribution in [3.8, 4) is 0 Å².